The molecule has 2 aromatic rings. The molecule has 2 rings (SSSR count). The van der Waals surface area contributed by atoms with E-state index in [0.717, 1.165) is 29.4 Å². The summed E-state index contributed by atoms with van der Waals surface area (Å²) in [6.45, 7) is 4.44. The first-order valence-electron chi connectivity index (χ1n) is 5.91. The zero-order valence-corrected chi connectivity index (χ0v) is 11.8. The fraction of sp³-hybridized carbons (Fsp3) is 0.500. The Bertz CT molecular complexity index is 506. The molecule has 2 aromatic heterocycles. The lowest BCUT2D eigenvalue weighted by molar-refractivity contribution is 0.181. The van der Waals surface area contributed by atoms with Gasteiger partial charge in [-0.1, -0.05) is 6.92 Å². The lowest BCUT2D eigenvalue weighted by Crippen LogP contribution is -2.12. The molecule has 1 N–H and O–H groups in total. The molecule has 98 valence electrons. The Kier molecular flexibility index (Phi) is 4.46. The van der Waals surface area contributed by atoms with E-state index in [4.69, 9.17) is 4.74 Å². The summed E-state index contributed by atoms with van der Waals surface area (Å²) in [4.78, 5) is 5.87. The highest BCUT2D eigenvalue weighted by Gasteiger charge is 2.13. The number of aryl methyl sites for hydroxylation is 1. The van der Waals surface area contributed by atoms with Crippen LogP contribution in [0, 0.1) is 0 Å². The van der Waals surface area contributed by atoms with Gasteiger partial charge in [0.05, 0.1) is 18.5 Å². The Morgan fingerprint density at radius 2 is 2.33 bits per heavy atom. The minimum Gasteiger partial charge on any atom is -0.378 e. The fourth-order valence-corrected chi connectivity index (χ4v) is 2.67. The number of hydrogen-bond acceptors (Lipinski definition) is 5. The van der Waals surface area contributed by atoms with Crippen LogP contribution < -0.4 is 5.32 Å². The Labute approximate surface area is 111 Å². The highest BCUT2D eigenvalue weighted by atomic mass is 32.1. The number of methoxy groups -OCH3 is 1. The van der Waals surface area contributed by atoms with Crippen molar-refractivity contribution in [3.05, 3.63) is 23.0 Å². The van der Waals surface area contributed by atoms with Gasteiger partial charge in [-0.2, -0.15) is 5.10 Å². The molecule has 0 spiro atoms. The third-order valence-electron chi connectivity index (χ3n) is 2.55. The lowest BCUT2D eigenvalue weighted by atomic mass is 10.3. The summed E-state index contributed by atoms with van der Waals surface area (Å²) in [6.07, 6.45) is 3.82. The molecule has 6 heteroatoms. The standard InChI is InChI=1S/C12H18N4OS/c1-4-13-6-11-10(8-17-3)15-12(18-11)9-5-14-16(2)7-9/h5,7,13H,4,6,8H2,1-3H3. The number of aromatic nitrogens is 3. The molecule has 0 bridgehead atoms. The van der Waals surface area contributed by atoms with Gasteiger partial charge in [0, 0.05) is 37.3 Å². The largest absolute Gasteiger partial charge is 0.378 e. The van der Waals surface area contributed by atoms with E-state index < -0.39 is 0 Å². The van der Waals surface area contributed by atoms with Crippen LogP contribution in [0.3, 0.4) is 0 Å². The summed E-state index contributed by atoms with van der Waals surface area (Å²) in [5.41, 5.74) is 2.07. The van der Waals surface area contributed by atoms with Crippen molar-refractivity contribution in [2.24, 2.45) is 7.05 Å². The molecule has 2 heterocycles. The molecule has 0 atom stereocenters. The second kappa shape index (κ2) is 6.08. The smallest absolute Gasteiger partial charge is 0.127 e. The van der Waals surface area contributed by atoms with Crippen LogP contribution >= 0.6 is 11.3 Å². The first-order chi connectivity index (χ1) is 8.74. The Hall–Kier alpha value is -1.24. The first-order valence-corrected chi connectivity index (χ1v) is 6.73. The van der Waals surface area contributed by atoms with Crippen LogP contribution in [0.2, 0.25) is 0 Å². The van der Waals surface area contributed by atoms with Crippen LogP contribution in [-0.2, 0) is 24.9 Å². The summed E-state index contributed by atoms with van der Waals surface area (Å²) in [5.74, 6) is 0. The average Bonchev–Trinajstić information content (AvgIpc) is 2.94. The van der Waals surface area contributed by atoms with Crippen molar-refractivity contribution in [2.75, 3.05) is 13.7 Å². The highest BCUT2D eigenvalue weighted by Crippen LogP contribution is 2.28. The second-order valence-corrected chi connectivity index (χ2v) is 5.09. The molecule has 0 aliphatic rings. The number of hydrogen-bond donors (Lipinski definition) is 1. The zero-order valence-electron chi connectivity index (χ0n) is 10.9. The van der Waals surface area contributed by atoms with Gasteiger partial charge in [0.2, 0.25) is 0 Å². The minimum atomic E-state index is 0.553. The van der Waals surface area contributed by atoms with E-state index in [1.54, 1.807) is 23.1 Å². The van der Waals surface area contributed by atoms with Crippen LogP contribution in [0.5, 0.6) is 0 Å². The molecular weight excluding hydrogens is 248 g/mol. The molecule has 0 saturated carbocycles. The van der Waals surface area contributed by atoms with Gasteiger partial charge in [-0.25, -0.2) is 4.98 Å². The van der Waals surface area contributed by atoms with E-state index in [0.29, 0.717) is 6.61 Å². The van der Waals surface area contributed by atoms with Gasteiger partial charge in [0.25, 0.3) is 0 Å². The molecule has 5 nitrogen and oxygen atoms in total. The van der Waals surface area contributed by atoms with Gasteiger partial charge in [-0.05, 0) is 6.54 Å². The fourth-order valence-electron chi connectivity index (χ4n) is 1.66. The Balaban J connectivity index is 2.26. The van der Waals surface area contributed by atoms with Gasteiger partial charge in [-0.15, -0.1) is 11.3 Å². The SMILES string of the molecule is CCNCc1sc(-c2cnn(C)c2)nc1COC. The van der Waals surface area contributed by atoms with E-state index in [-0.39, 0.29) is 0 Å². The number of thiazole rings is 1. The van der Waals surface area contributed by atoms with Crippen LogP contribution in [-0.4, -0.2) is 28.4 Å². The maximum Gasteiger partial charge on any atom is 0.127 e. The topological polar surface area (TPSA) is 52.0 Å². The van der Waals surface area contributed by atoms with Crippen molar-refractivity contribution in [1.29, 1.82) is 0 Å². The quantitative estimate of drug-likeness (QED) is 0.866. The summed E-state index contributed by atoms with van der Waals surface area (Å²) in [7, 11) is 3.60. The minimum absolute atomic E-state index is 0.553. The van der Waals surface area contributed by atoms with Gasteiger partial charge < -0.3 is 10.1 Å². The predicted molar refractivity (Wildman–Crippen MR) is 72.4 cm³/mol. The Morgan fingerprint density at radius 3 is 2.94 bits per heavy atom. The summed E-state index contributed by atoms with van der Waals surface area (Å²) >= 11 is 1.70. The maximum absolute atomic E-state index is 5.20. The van der Waals surface area contributed by atoms with E-state index >= 15 is 0 Å². The number of nitrogens with zero attached hydrogens (tertiary/aromatic N) is 3. The molecule has 18 heavy (non-hydrogen) atoms. The van der Waals surface area contributed by atoms with Crippen molar-refractivity contribution in [1.82, 2.24) is 20.1 Å². The second-order valence-electron chi connectivity index (χ2n) is 4.00. The van der Waals surface area contributed by atoms with Crippen LogP contribution in [0.25, 0.3) is 10.6 Å². The van der Waals surface area contributed by atoms with E-state index in [1.807, 2.05) is 19.4 Å². The lowest BCUT2D eigenvalue weighted by Gasteiger charge is -2.00. The summed E-state index contributed by atoms with van der Waals surface area (Å²) in [6, 6.07) is 0. The predicted octanol–water partition coefficient (Wildman–Crippen LogP) is 1.80. The summed E-state index contributed by atoms with van der Waals surface area (Å²) < 4.78 is 6.99. The average molecular weight is 266 g/mol. The monoisotopic (exact) mass is 266 g/mol. The first kappa shape index (κ1) is 13.2. The molecule has 0 aromatic carbocycles. The molecule has 0 fully saturated rings. The Morgan fingerprint density at radius 1 is 1.50 bits per heavy atom. The molecule has 0 radical (unpaired) electrons. The van der Waals surface area contributed by atoms with Crippen LogP contribution in [0.4, 0.5) is 0 Å². The number of rotatable bonds is 6. The van der Waals surface area contributed by atoms with Gasteiger partial charge in [-0.3, -0.25) is 4.68 Å². The zero-order chi connectivity index (χ0) is 13.0. The van der Waals surface area contributed by atoms with Crippen LogP contribution in [0.1, 0.15) is 17.5 Å². The molecule has 0 aliphatic heterocycles. The molecular formula is C12H18N4OS. The molecule has 0 unspecified atom stereocenters. The van der Waals surface area contributed by atoms with Crippen molar-refractivity contribution < 1.29 is 4.74 Å². The molecule has 0 aliphatic carbocycles. The number of nitrogens with one attached hydrogen (secondary N) is 1. The van der Waals surface area contributed by atoms with E-state index in [9.17, 15) is 0 Å². The maximum atomic E-state index is 5.20. The molecule has 0 amide bonds. The third kappa shape index (κ3) is 2.95. The van der Waals surface area contributed by atoms with E-state index in [1.165, 1.54) is 4.88 Å². The van der Waals surface area contributed by atoms with Gasteiger partial charge in [0.1, 0.15) is 5.01 Å². The van der Waals surface area contributed by atoms with Crippen molar-refractivity contribution >= 4 is 11.3 Å². The molecule has 0 saturated heterocycles. The van der Waals surface area contributed by atoms with Crippen molar-refractivity contribution in [2.45, 2.75) is 20.1 Å². The van der Waals surface area contributed by atoms with Gasteiger partial charge in [0.15, 0.2) is 0 Å². The third-order valence-corrected chi connectivity index (χ3v) is 3.69. The number of ether oxygens (including phenoxy) is 1. The van der Waals surface area contributed by atoms with E-state index in [2.05, 4.69) is 22.3 Å². The highest BCUT2D eigenvalue weighted by molar-refractivity contribution is 7.15. The van der Waals surface area contributed by atoms with Crippen LogP contribution in [0.15, 0.2) is 12.4 Å². The van der Waals surface area contributed by atoms with Crippen molar-refractivity contribution in [3.8, 4) is 10.6 Å². The van der Waals surface area contributed by atoms with Crippen molar-refractivity contribution in [3.63, 3.8) is 0 Å². The summed E-state index contributed by atoms with van der Waals surface area (Å²) in [5, 5.41) is 8.51. The normalized spacial score (nSPS) is 11.1. The van der Waals surface area contributed by atoms with Gasteiger partial charge >= 0.3 is 0 Å².